The summed E-state index contributed by atoms with van der Waals surface area (Å²) in [5.74, 6) is 1.72. The van der Waals surface area contributed by atoms with E-state index in [9.17, 15) is 5.21 Å². The van der Waals surface area contributed by atoms with Gasteiger partial charge in [-0.15, -0.1) is 5.11 Å². The summed E-state index contributed by atoms with van der Waals surface area (Å²) in [5.41, 5.74) is 16.1. The molecule has 0 unspecified atom stereocenters. The third-order valence-electron chi connectivity index (χ3n) is 7.98. The lowest BCUT2D eigenvalue weighted by Gasteiger charge is -2.16. The second-order valence-corrected chi connectivity index (χ2v) is 11.3. The van der Waals surface area contributed by atoms with Gasteiger partial charge in [0, 0.05) is 45.6 Å². The van der Waals surface area contributed by atoms with E-state index in [1.807, 2.05) is 84.9 Å². The van der Waals surface area contributed by atoms with E-state index in [1.165, 1.54) is 0 Å². The molecule has 8 N–H and O–H groups in total. The van der Waals surface area contributed by atoms with Crippen LogP contribution in [-0.4, -0.2) is 33.4 Å². The molecule has 4 aromatic carbocycles. The van der Waals surface area contributed by atoms with Crippen molar-refractivity contribution < 1.29 is 5.21 Å². The van der Waals surface area contributed by atoms with Crippen molar-refractivity contribution in [2.75, 3.05) is 22.9 Å². The second-order valence-electron chi connectivity index (χ2n) is 11.3. The molecule has 2 aromatic heterocycles. The maximum atomic E-state index is 10.1. The standard InChI is InChI=1S/C38H36N10O/c1-2-3-22-42-38-33(47-46-28-19-17-25(18-20-28)34(39)40)30-10-6-7-11-32(30)37(45-38)44-36(48-49)26-15-12-24(13-16-26)14-21-31-29-9-5-4-8-27(29)23-43-35(31)41/h4-21,23,49H,2-3,22H2,1H3,(H3,39,40)(H2,41,43)(H2,42,44,45,48)/b21-14+,47-46?. The number of azo groups is 1. The van der Waals surface area contributed by atoms with Crippen molar-refractivity contribution in [1.29, 1.82) is 5.41 Å². The Morgan fingerprint density at radius 2 is 1.53 bits per heavy atom. The number of fused-ring (bicyclic) bond motifs is 2. The first kappa shape index (κ1) is 32.3. The van der Waals surface area contributed by atoms with E-state index in [4.69, 9.17) is 21.9 Å². The van der Waals surface area contributed by atoms with Crippen LogP contribution in [0.3, 0.4) is 0 Å². The smallest absolute Gasteiger partial charge is 0.178 e. The number of hydrogen-bond donors (Lipinski definition) is 6. The molecule has 0 aliphatic rings. The lowest BCUT2D eigenvalue weighted by atomic mass is 10.0. The van der Waals surface area contributed by atoms with E-state index in [0.29, 0.717) is 46.5 Å². The first-order valence-corrected chi connectivity index (χ1v) is 15.9. The summed E-state index contributed by atoms with van der Waals surface area (Å²) < 4.78 is 0. The van der Waals surface area contributed by atoms with Crippen molar-refractivity contribution in [3.63, 3.8) is 0 Å². The number of aromatic nitrogens is 2. The lowest BCUT2D eigenvalue weighted by molar-refractivity contribution is 0.319. The number of hydrogen-bond acceptors (Lipinski definition) is 9. The Morgan fingerprint density at radius 3 is 2.24 bits per heavy atom. The second kappa shape index (κ2) is 14.9. The normalized spacial score (nSPS) is 11.9. The van der Waals surface area contributed by atoms with Gasteiger partial charge in [-0.25, -0.2) is 9.97 Å². The Morgan fingerprint density at radius 1 is 0.837 bits per heavy atom. The predicted molar refractivity (Wildman–Crippen MR) is 200 cm³/mol. The van der Waals surface area contributed by atoms with Crippen molar-refractivity contribution in [3.8, 4) is 0 Å². The number of rotatable bonds is 11. The molecule has 0 aliphatic carbocycles. The zero-order valence-electron chi connectivity index (χ0n) is 26.9. The van der Waals surface area contributed by atoms with Gasteiger partial charge in [0.2, 0.25) is 0 Å². The number of nitrogens with two attached hydrogens (primary N) is 2. The first-order valence-electron chi connectivity index (χ1n) is 15.9. The van der Waals surface area contributed by atoms with E-state index >= 15 is 0 Å². The number of amidine groups is 2. The number of oxime groups is 1. The van der Waals surface area contributed by atoms with Crippen LogP contribution in [0.4, 0.5) is 28.8 Å². The van der Waals surface area contributed by atoms with Crippen LogP contribution in [0.25, 0.3) is 33.7 Å². The summed E-state index contributed by atoms with van der Waals surface area (Å²) in [6.07, 6.45) is 7.65. The number of pyridine rings is 2. The molecular weight excluding hydrogens is 612 g/mol. The average Bonchev–Trinajstić information content (AvgIpc) is 3.13. The Balaban J connectivity index is 1.29. The highest BCUT2D eigenvalue weighted by Gasteiger charge is 2.16. The van der Waals surface area contributed by atoms with Crippen LogP contribution in [-0.2, 0) is 0 Å². The molecule has 11 nitrogen and oxygen atoms in total. The summed E-state index contributed by atoms with van der Waals surface area (Å²) in [6.45, 7) is 2.81. The summed E-state index contributed by atoms with van der Waals surface area (Å²) in [6, 6.07) is 30.3. The van der Waals surface area contributed by atoms with Crippen molar-refractivity contribution in [1.82, 2.24) is 9.97 Å². The summed E-state index contributed by atoms with van der Waals surface area (Å²) >= 11 is 0. The number of anilines is 3. The highest BCUT2D eigenvalue weighted by molar-refractivity contribution is 6.13. The van der Waals surface area contributed by atoms with E-state index in [1.54, 1.807) is 30.5 Å². The molecule has 0 fully saturated rings. The summed E-state index contributed by atoms with van der Waals surface area (Å²) in [5, 5.41) is 40.7. The number of benzene rings is 4. The maximum Gasteiger partial charge on any atom is 0.178 e. The number of nitrogens with zero attached hydrogens (tertiary/aromatic N) is 5. The quantitative estimate of drug-likeness (QED) is 0.0203. The van der Waals surface area contributed by atoms with Gasteiger partial charge in [-0.2, -0.15) is 5.11 Å². The van der Waals surface area contributed by atoms with E-state index in [0.717, 1.165) is 45.5 Å². The van der Waals surface area contributed by atoms with Gasteiger partial charge in [0.1, 0.15) is 23.2 Å². The van der Waals surface area contributed by atoms with Gasteiger partial charge < -0.3 is 27.3 Å². The van der Waals surface area contributed by atoms with Gasteiger partial charge in [0.15, 0.2) is 11.7 Å². The van der Waals surface area contributed by atoms with Gasteiger partial charge in [-0.3, -0.25) is 5.41 Å². The summed E-state index contributed by atoms with van der Waals surface area (Å²) in [7, 11) is 0. The molecule has 0 spiro atoms. The molecule has 11 heteroatoms. The lowest BCUT2D eigenvalue weighted by Crippen LogP contribution is -2.16. The van der Waals surface area contributed by atoms with Crippen LogP contribution in [0.2, 0.25) is 0 Å². The van der Waals surface area contributed by atoms with E-state index in [2.05, 4.69) is 37.9 Å². The molecule has 0 amide bonds. The topological polar surface area (TPSA) is 183 Å². The highest BCUT2D eigenvalue weighted by Crippen LogP contribution is 2.38. The zero-order valence-corrected chi connectivity index (χ0v) is 26.9. The van der Waals surface area contributed by atoms with Gasteiger partial charge in [0.25, 0.3) is 0 Å². The Hall–Kier alpha value is -6.62. The third-order valence-corrected chi connectivity index (χ3v) is 7.98. The Labute approximate surface area is 283 Å². The van der Waals surface area contributed by atoms with Gasteiger partial charge >= 0.3 is 0 Å². The number of nitrogen functional groups attached to an aromatic ring is 2. The third kappa shape index (κ3) is 7.36. The van der Waals surface area contributed by atoms with E-state index in [-0.39, 0.29) is 11.7 Å². The molecule has 6 aromatic rings. The van der Waals surface area contributed by atoms with Gasteiger partial charge in [0.05, 0.1) is 5.69 Å². The Bertz CT molecular complexity index is 2210. The Kier molecular flexibility index (Phi) is 9.80. The highest BCUT2D eigenvalue weighted by atomic mass is 16.4. The molecule has 6 rings (SSSR count). The van der Waals surface area contributed by atoms with Crippen LogP contribution in [0.1, 0.15) is 42.0 Å². The summed E-state index contributed by atoms with van der Waals surface area (Å²) in [4.78, 5) is 9.24. The molecular formula is C38H36N10O. The van der Waals surface area contributed by atoms with Crippen LogP contribution in [0, 0.1) is 5.41 Å². The predicted octanol–water partition coefficient (Wildman–Crippen LogP) is 8.69. The van der Waals surface area contributed by atoms with Crippen molar-refractivity contribution in [2.24, 2.45) is 21.1 Å². The molecule has 2 heterocycles. The van der Waals surface area contributed by atoms with Crippen LogP contribution < -0.4 is 22.1 Å². The molecule has 244 valence electrons. The van der Waals surface area contributed by atoms with Crippen molar-refractivity contribution >= 4 is 74.2 Å². The van der Waals surface area contributed by atoms with Crippen LogP contribution in [0.5, 0.6) is 0 Å². The minimum atomic E-state index is -0.0111. The minimum absolute atomic E-state index is 0.0111. The molecule has 0 saturated heterocycles. The molecule has 49 heavy (non-hydrogen) atoms. The zero-order chi connectivity index (χ0) is 34.2. The minimum Gasteiger partial charge on any atom is -0.409 e. The van der Waals surface area contributed by atoms with Crippen LogP contribution in [0.15, 0.2) is 119 Å². The molecule has 0 bridgehead atoms. The molecule has 0 aliphatic heterocycles. The molecule has 0 atom stereocenters. The molecule has 0 saturated carbocycles. The van der Waals surface area contributed by atoms with Crippen molar-refractivity contribution in [3.05, 3.63) is 126 Å². The average molecular weight is 649 g/mol. The van der Waals surface area contributed by atoms with E-state index < -0.39 is 0 Å². The van der Waals surface area contributed by atoms with Crippen LogP contribution >= 0.6 is 0 Å². The monoisotopic (exact) mass is 648 g/mol. The van der Waals surface area contributed by atoms with Gasteiger partial charge in [-0.05, 0) is 41.6 Å². The number of nitrogens with one attached hydrogen (secondary N) is 3. The fourth-order valence-corrected chi connectivity index (χ4v) is 5.34. The maximum absolute atomic E-state index is 10.1. The largest absolute Gasteiger partial charge is 0.409 e. The van der Waals surface area contributed by atoms with Crippen molar-refractivity contribution in [2.45, 2.75) is 19.8 Å². The van der Waals surface area contributed by atoms with Gasteiger partial charge in [-0.1, -0.05) is 103 Å². The number of unbranched alkanes of at least 4 members (excludes halogenated alkanes) is 1. The fraction of sp³-hybridized carbons (Fsp3) is 0.105. The SMILES string of the molecule is CCCCNc1nc(N/C(=N/O)c2ccc(/C=C/c3c(N)ncc4ccccc34)cc2)c2ccccc2c1N=Nc1ccc(C(=N)N)cc1. The first-order chi connectivity index (χ1) is 23.9. The fourth-order valence-electron chi connectivity index (χ4n) is 5.34. The molecule has 0 radical (unpaired) electrons.